The van der Waals surface area contributed by atoms with Gasteiger partial charge in [-0.2, -0.15) is 0 Å². The minimum absolute atomic E-state index is 0.627. The van der Waals surface area contributed by atoms with Gasteiger partial charge < -0.3 is 14.6 Å². The molecule has 0 N–H and O–H groups in total. The number of hydrogen-bond acceptors (Lipinski definition) is 4. The van der Waals surface area contributed by atoms with E-state index in [2.05, 4.69) is 4.98 Å². The molecule has 1 aromatic heterocycles. The Kier molecular flexibility index (Phi) is 2.93. The standard InChI is InChI=1S/C16H15NO3/c1-9-3-4-12-8-13-7-11(10(2)16(18)19)5-6-14(13)20-15(12)17-9/h3-7,10H,8H2,1-2H3,(H,18,19)/p-1. The van der Waals surface area contributed by atoms with E-state index < -0.39 is 11.9 Å². The summed E-state index contributed by atoms with van der Waals surface area (Å²) in [4.78, 5) is 15.3. The molecule has 0 bridgehead atoms. The molecule has 20 heavy (non-hydrogen) atoms. The topological polar surface area (TPSA) is 62.2 Å². The molecular formula is C16H14NO3-. The highest BCUT2D eigenvalue weighted by molar-refractivity contribution is 5.73. The highest BCUT2D eigenvalue weighted by Gasteiger charge is 2.19. The first-order valence-electron chi connectivity index (χ1n) is 6.52. The second kappa shape index (κ2) is 4.63. The number of ether oxygens (including phenoxy) is 1. The van der Waals surface area contributed by atoms with Gasteiger partial charge in [0.1, 0.15) is 5.75 Å². The molecule has 1 aliphatic rings. The van der Waals surface area contributed by atoms with Gasteiger partial charge in [-0.25, -0.2) is 4.98 Å². The lowest BCUT2D eigenvalue weighted by Crippen LogP contribution is -2.28. The Bertz CT molecular complexity index is 694. The van der Waals surface area contributed by atoms with Gasteiger partial charge in [0.25, 0.3) is 0 Å². The predicted octanol–water partition coefficient (Wildman–Crippen LogP) is 1.94. The van der Waals surface area contributed by atoms with Crippen LogP contribution in [0.1, 0.15) is 35.2 Å². The summed E-state index contributed by atoms with van der Waals surface area (Å²) < 4.78 is 5.78. The maximum atomic E-state index is 11.0. The molecule has 0 aliphatic carbocycles. The van der Waals surface area contributed by atoms with E-state index in [1.807, 2.05) is 25.1 Å². The number of carboxylic acid groups (broad SMARTS) is 1. The van der Waals surface area contributed by atoms with Gasteiger partial charge in [-0.3, -0.25) is 0 Å². The summed E-state index contributed by atoms with van der Waals surface area (Å²) in [6.45, 7) is 3.55. The van der Waals surface area contributed by atoms with E-state index in [-0.39, 0.29) is 0 Å². The number of carbonyl (C=O) groups excluding carboxylic acids is 1. The summed E-state index contributed by atoms with van der Waals surface area (Å²) in [6, 6.07) is 9.38. The average Bonchev–Trinajstić information content (AvgIpc) is 2.43. The summed E-state index contributed by atoms with van der Waals surface area (Å²) in [6.07, 6.45) is 0.700. The van der Waals surface area contributed by atoms with Crippen molar-refractivity contribution < 1.29 is 14.6 Å². The van der Waals surface area contributed by atoms with Crippen molar-refractivity contribution in [1.29, 1.82) is 0 Å². The average molecular weight is 268 g/mol. The van der Waals surface area contributed by atoms with E-state index >= 15 is 0 Å². The largest absolute Gasteiger partial charge is 0.550 e. The number of aryl methyl sites for hydroxylation is 1. The van der Waals surface area contributed by atoms with E-state index in [0.717, 1.165) is 28.1 Å². The molecule has 4 nitrogen and oxygen atoms in total. The molecule has 1 unspecified atom stereocenters. The third-order valence-electron chi connectivity index (χ3n) is 3.60. The molecule has 1 atom stereocenters. The number of hydrogen-bond donors (Lipinski definition) is 0. The van der Waals surface area contributed by atoms with E-state index in [9.17, 15) is 9.90 Å². The van der Waals surface area contributed by atoms with E-state index in [4.69, 9.17) is 4.74 Å². The minimum Gasteiger partial charge on any atom is -0.550 e. The number of fused-ring (bicyclic) bond motifs is 2. The fourth-order valence-electron chi connectivity index (χ4n) is 2.34. The molecule has 2 aromatic rings. The van der Waals surface area contributed by atoms with Gasteiger partial charge in [-0.1, -0.05) is 25.1 Å². The number of pyridine rings is 1. The van der Waals surface area contributed by atoms with Gasteiger partial charge in [-0.05, 0) is 30.2 Å². The van der Waals surface area contributed by atoms with E-state index in [1.165, 1.54) is 0 Å². The van der Waals surface area contributed by atoms with Crippen LogP contribution in [-0.2, 0) is 11.2 Å². The van der Waals surface area contributed by atoms with Gasteiger partial charge in [0.2, 0.25) is 5.88 Å². The number of benzene rings is 1. The monoisotopic (exact) mass is 268 g/mol. The van der Waals surface area contributed by atoms with Gasteiger partial charge in [0, 0.05) is 29.6 Å². The van der Waals surface area contributed by atoms with Crippen LogP contribution in [0.3, 0.4) is 0 Å². The highest BCUT2D eigenvalue weighted by atomic mass is 16.5. The van der Waals surface area contributed by atoms with Crippen molar-refractivity contribution in [3.05, 3.63) is 52.7 Å². The Morgan fingerprint density at radius 2 is 2.10 bits per heavy atom. The van der Waals surface area contributed by atoms with Crippen LogP contribution in [0, 0.1) is 6.92 Å². The molecule has 0 amide bonds. The summed E-state index contributed by atoms with van der Waals surface area (Å²) in [5.41, 5.74) is 3.64. The van der Waals surface area contributed by atoms with E-state index in [0.29, 0.717) is 12.3 Å². The summed E-state index contributed by atoms with van der Waals surface area (Å²) >= 11 is 0. The zero-order chi connectivity index (χ0) is 14.3. The van der Waals surface area contributed by atoms with Gasteiger partial charge in [0.05, 0.1) is 0 Å². The fourth-order valence-corrected chi connectivity index (χ4v) is 2.34. The molecule has 1 aromatic carbocycles. The van der Waals surface area contributed by atoms with Crippen molar-refractivity contribution in [3.8, 4) is 11.6 Å². The third kappa shape index (κ3) is 2.13. The van der Waals surface area contributed by atoms with Crippen molar-refractivity contribution in [1.82, 2.24) is 4.98 Å². The molecule has 0 spiro atoms. The zero-order valence-corrected chi connectivity index (χ0v) is 11.3. The van der Waals surface area contributed by atoms with E-state index in [1.54, 1.807) is 19.1 Å². The number of aromatic nitrogens is 1. The van der Waals surface area contributed by atoms with Crippen molar-refractivity contribution in [3.63, 3.8) is 0 Å². The van der Waals surface area contributed by atoms with Crippen LogP contribution in [0.15, 0.2) is 30.3 Å². The van der Waals surface area contributed by atoms with Crippen molar-refractivity contribution in [2.24, 2.45) is 0 Å². The fraction of sp³-hybridized carbons (Fsp3) is 0.250. The maximum Gasteiger partial charge on any atom is 0.223 e. The van der Waals surface area contributed by atoms with Crippen LogP contribution in [0.4, 0.5) is 0 Å². The molecule has 0 radical (unpaired) electrons. The maximum absolute atomic E-state index is 11.0. The molecule has 2 heterocycles. The van der Waals surface area contributed by atoms with Crippen LogP contribution < -0.4 is 9.84 Å². The lowest BCUT2D eigenvalue weighted by molar-refractivity contribution is -0.307. The van der Waals surface area contributed by atoms with Gasteiger partial charge in [0.15, 0.2) is 0 Å². The molecule has 3 rings (SSSR count). The van der Waals surface area contributed by atoms with Gasteiger partial charge >= 0.3 is 0 Å². The Labute approximate surface area is 117 Å². The predicted molar refractivity (Wildman–Crippen MR) is 71.7 cm³/mol. The minimum atomic E-state index is -1.07. The number of rotatable bonds is 2. The van der Waals surface area contributed by atoms with Crippen LogP contribution >= 0.6 is 0 Å². The summed E-state index contributed by atoms with van der Waals surface area (Å²) in [5.74, 6) is -0.319. The first kappa shape index (κ1) is 12.7. The second-order valence-electron chi connectivity index (χ2n) is 5.10. The molecule has 0 saturated heterocycles. The summed E-state index contributed by atoms with van der Waals surface area (Å²) in [7, 11) is 0. The Morgan fingerprint density at radius 1 is 1.30 bits per heavy atom. The lowest BCUT2D eigenvalue weighted by atomic mass is 9.95. The van der Waals surface area contributed by atoms with Crippen LogP contribution in [0.25, 0.3) is 0 Å². The number of carboxylic acids is 1. The van der Waals surface area contributed by atoms with Crippen molar-refractivity contribution >= 4 is 5.97 Å². The van der Waals surface area contributed by atoms with Crippen molar-refractivity contribution in [2.75, 3.05) is 0 Å². The van der Waals surface area contributed by atoms with Crippen molar-refractivity contribution in [2.45, 2.75) is 26.2 Å². The Morgan fingerprint density at radius 3 is 2.85 bits per heavy atom. The number of nitrogens with zero attached hydrogens (tertiary/aromatic N) is 1. The highest BCUT2D eigenvalue weighted by Crippen LogP contribution is 2.36. The lowest BCUT2D eigenvalue weighted by Gasteiger charge is -2.21. The number of aliphatic carboxylic acids is 1. The molecule has 4 heteroatoms. The second-order valence-corrected chi connectivity index (χ2v) is 5.10. The molecule has 0 saturated carbocycles. The van der Waals surface area contributed by atoms with Crippen LogP contribution in [0.2, 0.25) is 0 Å². The molecule has 0 fully saturated rings. The molecule has 1 aliphatic heterocycles. The quantitative estimate of drug-likeness (QED) is 0.712. The SMILES string of the molecule is Cc1ccc2c(n1)Oc1ccc(C(C)C(=O)[O-])cc1C2. The van der Waals surface area contributed by atoms with Gasteiger partial charge in [-0.15, -0.1) is 0 Å². The first-order valence-corrected chi connectivity index (χ1v) is 6.52. The Hall–Kier alpha value is -2.36. The smallest absolute Gasteiger partial charge is 0.223 e. The molecule has 102 valence electrons. The number of carbonyl (C=O) groups is 1. The normalized spacial score (nSPS) is 13.9. The first-order chi connectivity index (χ1) is 9.54. The molecular weight excluding hydrogens is 254 g/mol. The third-order valence-corrected chi connectivity index (χ3v) is 3.60. The van der Waals surface area contributed by atoms with Crippen LogP contribution in [-0.4, -0.2) is 11.0 Å². The van der Waals surface area contributed by atoms with Crippen LogP contribution in [0.5, 0.6) is 11.6 Å². The zero-order valence-electron chi connectivity index (χ0n) is 11.3. The Balaban J connectivity index is 1.98. The summed E-state index contributed by atoms with van der Waals surface area (Å²) in [5, 5.41) is 11.0.